The molecule has 1 heterocycles. The Kier molecular flexibility index (Phi) is 3.74. The van der Waals surface area contributed by atoms with Crippen LogP contribution in [0.1, 0.15) is 19.0 Å². The molecule has 0 atom stereocenters. The van der Waals surface area contributed by atoms with Crippen molar-refractivity contribution in [2.24, 2.45) is 0 Å². The van der Waals surface area contributed by atoms with Crippen LogP contribution in [-0.4, -0.2) is 22.9 Å². The van der Waals surface area contributed by atoms with Gasteiger partial charge in [-0.3, -0.25) is 4.68 Å². The number of aromatic nitrogens is 2. The van der Waals surface area contributed by atoms with Crippen LogP contribution in [-0.2, 0) is 16.1 Å². The quantitative estimate of drug-likeness (QED) is 0.514. The maximum Gasteiger partial charge on any atom is 0.384 e. The van der Waals surface area contributed by atoms with E-state index in [2.05, 4.69) is 28.6 Å². The van der Waals surface area contributed by atoms with Crippen LogP contribution in [0, 0.1) is 11.8 Å². The van der Waals surface area contributed by atoms with Crippen LogP contribution in [0.2, 0.25) is 0 Å². The molecule has 0 unspecified atom stereocenters. The molecule has 0 aliphatic rings. The van der Waals surface area contributed by atoms with Crippen molar-refractivity contribution in [3.05, 3.63) is 18.0 Å². The molecule has 0 N–H and O–H groups in total. The summed E-state index contributed by atoms with van der Waals surface area (Å²) in [5.41, 5.74) is 0.734. The van der Waals surface area contributed by atoms with Crippen LogP contribution in [0.15, 0.2) is 12.3 Å². The molecule has 0 aliphatic carbocycles. The SMILES string of the molecule is CCCn1nccc1C#CC(=O)OC. The van der Waals surface area contributed by atoms with Gasteiger partial charge < -0.3 is 4.74 Å². The summed E-state index contributed by atoms with van der Waals surface area (Å²) in [6, 6.07) is 1.77. The molecule has 0 spiro atoms. The molecule has 0 radical (unpaired) electrons. The molecule has 0 bridgehead atoms. The molecule has 0 fully saturated rings. The highest BCUT2D eigenvalue weighted by Crippen LogP contribution is 1.97. The van der Waals surface area contributed by atoms with Crippen molar-refractivity contribution in [3.8, 4) is 11.8 Å². The molecule has 74 valence electrons. The Morgan fingerprint density at radius 3 is 3.14 bits per heavy atom. The highest BCUT2D eigenvalue weighted by atomic mass is 16.5. The fourth-order valence-electron chi connectivity index (χ4n) is 0.995. The third-order valence-corrected chi connectivity index (χ3v) is 1.63. The van der Waals surface area contributed by atoms with Gasteiger partial charge in [0.15, 0.2) is 0 Å². The van der Waals surface area contributed by atoms with E-state index in [1.807, 2.05) is 0 Å². The number of rotatable bonds is 2. The summed E-state index contributed by atoms with van der Waals surface area (Å²) in [6.45, 7) is 2.86. The minimum atomic E-state index is -0.533. The number of esters is 1. The van der Waals surface area contributed by atoms with E-state index in [-0.39, 0.29) is 0 Å². The highest BCUT2D eigenvalue weighted by Gasteiger charge is 1.97. The van der Waals surface area contributed by atoms with Crippen molar-refractivity contribution >= 4 is 5.97 Å². The topological polar surface area (TPSA) is 44.1 Å². The lowest BCUT2D eigenvalue weighted by molar-refractivity contribution is -0.133. The zero-order valence-corrected chi connectivity index (χ0v) is 8.28. The fraction of sp³-hybridized carbons (Fsp3) is 0.400. The number of carbonyl (C=O) groups is 1. The van der Waals surface area contributed by atoms with Crippen LogP contribution in [0.3, 0.4) is 0 Å². The van der Waals surface area contributed by atoms with Crippen molar-refractivity contribution in [2.45, 2.75) is 19.9 Å². The van der Waals surface area contributed by atoms with E-state index in [0.29, 0.717) is 0 Å². The van der Waals surface area contributed by atoms with Crippen molar-refractivity contribution in [1.29, 1.82) is 0 Å². The summed E-state index contributed by atoms with van der Waals surface area (Å²) in [6.07, 6.45) is 2.64. The second kappa shape index (κ2) is 5.07. The Labute approximate surface area is 82.9 Å². The first kappa shape index (κ1) is 10.3. The van der Waals surface area contributed by atoms with Gasteiger partial charge in [0.05, 0.1) is 13.3 Å². The van der Waals surface area contributed by atoms with Crippen molar-refractivity contribution < 1.29 is 9.53 Å². The van der Waals surface area contributed by atoms with Crippen LogP contribution in [0.4, 0.5) is 0 Å². The molecule has 0 aliphatic heterocycles. The van der Waals surface area contributed by atoms with E-state index in [1.54, 1.807) is 16.9 Å². The number of carbonyl (C=O) groups excluding carboxylic acids is 1. The van der Waals surface area contributed by atoms with Crippen LogP contribution < -0.4 is 0 Å². The minimum absolute atomic E-state index is 0.533. The fourth-order valence-corrected chi connectivity index (χ4v) is 0.995. The summed E-state index contributed by atoms with van der Waals surface area (Å²) in [4.78, 5) is 10.8. The summed E-state index contributed by atoms with van der Waals surface area (Å²) < 4.78 is 6.17. The van der Waals surface area contributed by atoms with Gasteiger partial charge >= 0.3 is 5.97 Å². The zero-order chi connectivity index (χ0) is 10.4. The summed E-state index contributed by atoms with van der Waals surface area (Å²) >= 11 is 0. The van der Waals surface area contributed by atoms with Gasteiger partial charge in [0.1, 0.15) is 5.69 Å². The zero-order valence-electron chi connectivity index (χ0n) is 8.28. The average molecular weight is 192 g/mol. The number of ether oxygens (including phenoxy) is 1. The maximum absolute atomic E-state index is 10.8. The van der Waals surface area contributed by atoms with Gasteiger partial charge in [0, 0.05) is 12.5 Å². The van der Waals surface area contributed by atoms with Gasteiger partial charge in [0.2, 0.25) is 0 Å². The smallest absolute Gasteiger partial charge is 0.384 e. The van der Waals surface area contributed by atoms with E-state index in [0.717, 1.165) is 18.7 Å². The van der Waals surface area contributed by atoms with Gasteiger partial charge in [-0.25, -0.2) is 4.79 Å². The first-order valence-electron chi connectivity index (χ1n) is 4.39. The average Bonchev–Trinajstić information content (AvgIpc) is 2.62. The summed E-state index contributed by atoms with van der Waals surface area (Å²) in [7, 11) is 1.31. The third-order valence-electron chi connectivity index (χ3n) is 1.63. The van der Waals surface area contributed by atoms with Gasteiger partial charge in [-0.15, -0.1) is 0 Å². The Morgan fingerprint density at radius 2 is 2.50 bits per heavy atom. The lowest BCUT2D eigenvalue weighted by Crippen LogP contribution is -2.02. The van der Waals surface area contributed by atoms with Gasteiger partial charge in [-0.2, -0.15) is 5.10 Å². The first-order valence-corrected chi connectivity index (χ1v) is 4.39. The lowest BCUT2D eigenvalue weighted by atomic mass is 10.4. The normalized spacial score (nSPS) is 9.00. The largest absolute Gasteiger partial charge is 0.459 e. The first-order chi connectivity index (χ1) is 6.77. The van der Waals surface area contributed by atoms with Crippen LogP contribution in [0.25, 0.3) is 0 Å². The second-order valence-electron chi connectivity index (χ2n) is 2.68. The second-order valence-corrected chi connectivity index (χ2v) is 2.68. The lowest BCUT2D eigenvalue weighted by Gasteiger charge is -1.98. The molecular formula is C10H12N2O2. The Hall–Kier alpha value is -1.76. The van der Waals surface area contributed by atoms with Crippen LogP contribution >= 0.6 is 0 Å². The third kappa shape index (κ3) is 2.63. The number of nitrogens with zero attached hydrogens (tertiary/aromatic N) is 2. The van der Waals surface area contributed by atoms with Gasteiger partial charge in [-0.1, -0.05) is 6.92 Å². The standard InChI is InChI=1S/C10H12N2O2/c1-3-8-12-9(6-7-11-12)4-5-10(13)14-2/h6-7H,3,8H2,1-2H3. The molecular weight excluding hydrogens is 180 g/mol. The Balaban J connectivity index is 2.78. The summed E-state index contributed by atoms with van der Waals surface area (Å²) in [5.74, 6) is 4.53. The van der Waals surface area contributed by atoms with E-state index in [9.17, 15) is 4.79 Å². The molecule has 14 heavy (non-hydrogen) atoms. The van der Waals surface area contributed by atoms with E-state index >= 15 is 0 Å². The molecule has 0 aromatic carbocycles. The van der Waals surface area contributed by atoms with E-state index < -0.39 is 5.97 Å². The molecule has 4 nitrogen and oxygen atoms in total. The summed E-state index contributed by atoms with van der Waals surface area (Å²) in [5, 5.41) is 4.07. The van der Waals surface area contributed by atoms with E-state index in [4.69, 9.17) is 0 Å². The molecule has 1 aromatic rings. The van der Waals surface area contributed by atoms with Crippen molar-refractivity contribution in [3.63, 3.8) is 0 Å². The monoisotopic (exact) mass is 192 g/mol. The predicted molar refractivity (Wildman–Crippen MR) is 51.4 cm³/mol. The number of hydrogen-bond acceptors (Lipinski definition) is 3. The number of aryl methyl sites for hydroxylation is 1. The van der Waals surface area contributed by atoms with Gasteiger partial charge in [0.25, 0.3) is 0 Å². The maximum atomic E-state index is 10.8. The Morgan fingerprint density at radius 1 is 1.71 bits per heavy atom. The number of methoxy groups -OCH3 is 1. The molecule has 0 saturated carbocycles. The predicted octanol–water partition coefficient (Wildman–Crippen LogP) is 0.818. The van der Waals surface area contributed by atoms with Gasteiger partial charge in [-0.05, 0) is 18.4 Å². The molecule has 0 saturated heterocycles. The van der Waals surface area contributed by atoms with Crippen LogP contribution in [0.5, 0.6) is 0 Å². The highest BCUT2D eigenvalue weighted by molar-refractivity contribution is 5.88. The molecule has 1 rings (SSSR count). The molecule has 4 heteroatoms. The molecule has 1 aromatic heterocycles. The van der Waals surface area contributed by atoms with Crippen molar-refractivity contribution in [2.75, 3.05) is 7.11 Å². The molecule has 0 amide bonds. The number of hydrogen-bond donors (Lipinski definition) is 0. The van der Waals surface area contributed by atoms with Crippen molar-refractivity contribution in [1.82, 2.24) is 9.78 Å². The Bertz CT molecular complexity index is 371. The minimum Gasteiger partial charge on any atom is -0.459 e. The van der Waals surface area contributed by atoms with E-state index in [1.165, 1.54) is 7.11 Å².